The van der Waals surface area contributed by atoms with Crippen molar-refractivity contribution in [2.45, 2.75) is 31.0 Å². The fraction of sp³-hybridized carbons (Fsp3) is 0.900. The van der Waals surface area contributed by atoms with E-state index in [0.717, 1.165) is 7.05 Å². The zero-order valence-corrected chi connectivity index (χ0v) is 9.59. The molecule has 0 unspecified atom stereocenters. The predicted octanol–water partition coefficient (Wildman–Crippen LogP) is 0.939. The molecule has 0 bridgehead atoms. The van der Waals surface area contributed by atoms with Gasteiger partial charge in [0.25, 0.3) is 0 Å². The second-order valence-corrected chi connectivity index (χ2v) is 4.38. The summed E-state index contributed by atoms with van der Waals surface area (Å²) in [7, 11) is 1.08. The van der Waals surface area contributed by atoms with Crippen molar-refractivity contribution in [2.75, 3.05) is 26.8 Å². The van der Waals surface area contributed by atoms with E-state index in [2.05, 4.69) is 0 Å². The molecule has 1 saturated heterocycles. The lowest BCUT2D eigenvalue weighted by Gasteiger charge is -2.32. The second-order valence-electron chi connectivity index (χ2n) is 4.38. The van der Waals surface area contributed by atoms with Gasteiger partial charge in [0, 0.05) is 33.1 Å². The lowest BCUT2D eigenvalue weighted by Crippen LogP contribution is -2.43. The molecule has 1 amide bonds. The van der Waals surface area contributed by atoms with E-state index in [1.165, 1.54) is 0 Å². The Bertz CT molecular complexity index is 274. The zero-order chi connectivity index (χ0) is 13.1. The molecule has 0 radical (unpaired) electrons. The van der Waals surface area contributed by atoms with Gasteiger partial charge in [0.05, 0.1) is 12.0 Å². The highest BCUT2D eigenvalue weighted by molar-refractivity contribution is 5.77. The first-order valence-corrected chi connectivity index (χ1v) is 5.33. The molecule has 1 aliphatic heterocycles. The molecule has 1 fully saturated rings. The van der Waals surface area contributed by atoms with Crippen LogP contribution in [-0.4, -0.2) is 54.5 Å². The average molecular weight is 255 g/mol. The van der Waals surface area contributed by atoms with Gasteiger partial charge in [-0.3, -0.25) is 4.79 Å². The Morgan fingerprint density at radius 2 is 1.94 bits per heavy atom. The summed E-state index contributed by atoms with van der Waals surface area (Å²) < 4.78 is 41.2. The van der Waals surface area contributed by atoms with Crippen molar-refractivity contribution in [3.63, 3.8) is 0 Å². The molecule has 1 N–H and O–H groups in total. The second kappa shape index (κ2) is 5.22. The molecule has 0 atom stereocenters. The quantitative estimate of drug-likeness (QED) is 0.816. The van der Waals surface area contributed by atoms with E-state index in [-0.39, 0.29) is 19.3 Å². The summed E-state index contributed by atoms with van der Waals surface area (Å²) in [5.41, 5.74) is -1.23. The number of carbonyl (C=O) groups excluding carboxylic acids is 1. The number of hydrogen-bond acceptors (Lipinski definition) is 3. The third-order valence-electron chi connectivity index (χ3n) is 2.75. The molecule has 0 aromatic heterocycles. The molecule has 17 heavy (non-hydrogen) atoms. The summed E-state index contributed by atoms with van der Waals surface area (Å²) in [6.45, 7) is -0.641. The van der Waals surface area contributed by atoms with Gasteiger partial charge >= 0.3 is 6.18 Å². The number of rotatable bonds is 3. The number of ether oxygens (including phenoxy) is 1. The van der Waals surface area contributed by atoms with Crippen molar-refractivity contribution in [3.8, 4) is 0 Å². The largest absolute Gasteiger partial charge is 0.406 e. The highest BCUT2D eigenvalue weighted by atomic mass is 19.4. The highest BCUT2D eigenvalue weighted by Gasteiger charge is 2.36. The van der Waals surface area contributed by atoms with Gasteiger partial charge in [-0.1, -0.05) is 0 Å². The maximum absolute atomic E-state index is 12.1. The van der Waals surface area contributed by atoms with Gasteiger partial charge in [-0.2, -0.15) is 13.2 Å². The van der Waals surface area contributed by atoms with E-state index in [9.17, 15) is 23.1 Å². The van der Waals surface area contributed by atoms with Gasteiger partial charge in [0.1, 0.15) is 6.54 Å². The van der Waals surface area contributed by atoms with Crippen molar-refractivity contribution >= 4 is 5.91 Å². The van der Waals surface area contributed by atoms with Crippen LogP contribution in [0.25, 0.3) is 0 Å². The minimum absolute atomic E-state index is 0.276. The molecule has 100 valence electrons. The Labute approximate surface area is 97.3 Å². The number of hydrogen-bond donors (Lipinski definition) is 1. The summed E-state index contributed by atoms with van der Waals surface area (Å²) in [6.07, 6.45) is -4.15. The number of carbonyl (C=O) groups is 1. The molecule has 0 aromatic rings. The van der Waals surface area contributed by atoms with E-state index >= 15 is 0 Å². The summed E-state index contributed by atoms with van der Waals surface area (Å²) in [6, 6.07) is 0. The number of aliphatic hydroxyl groups is 1. The topological polar surface area (TPSA) is 49.8 Å². The number of nitrogens with zero attached hydrogens (tertiary/aromatic N) is 1. The van der Waals surface area contributed by atoms with Crippen LogP contribution in [0.1, 0.15) is 19.3 Å². The standard InChI is InChI=1S/C10H16F3NO3/c1-14(7-10(11,12)13)8(15)6-9(16)2-4-17-5-3-9/h16H,2-7H2,1H3. The summed E-state index contributed by atoms with van der Waals surface area (Å²) in [5.74, 6) is -0.702. The molecule has 0 spiro atoms. The van der Waals surface area contributed by atoms with Crippen molar-refractivity contribution < 1.29 is 27.8 Å². The summed E-state index contributed by atoms with van der Waals surface area (Å²) >= 11 is 0. The van der Waals surface area contributed by atoms with E-state index in [1.807, 2.05) is 0 Å². The summed E-state index contributed by atoms with van der Waals surface area (Å²) in [4.78, 5) is 12.1. The zero-order valence-electron chi connectivity index (χ0n) is 9.59. The highest BCUT2D eigenvalue weighted by Crippen LogP contribution is 2.25. The lowest BCUT2D eigenvalue weighted by atomic mass is 9.90. The van der Waals surface area contributed by atoms with Gasteiger partial charge in [-0.15, -0.1) is 0 Å². The first-order valence-electron chi connectivity index (χ1n) is 5.33. The van der Waals surface area contributed by atoms with E-state index in [0.29, 0.717) is 18.1 Å². The molecular weight excluding hydrogens is 239 g/mol. The maximum atomic E-state index is 12.1. The van der Waals surface area contributed by atoms with E-state index < -0.39 is 24.2 Å². The van der Waals surface area contributed by atoms with Crippen LogP contribution in [0.15, 0.2) is 0 Å². The monoisotopic (exact) mass is 255 g/mol. The van der Waals surface area contributed by atoms with Crippen LogP contribution in [0.2, 0.25) is 0 Å². The Morgan fingerprint density at radius 1 is 1.41 bits per heavy atom. The van der Waals surface area contributed by atoms with Crippen LogP contribution < -0.4 is 0 Å². The molecule has 1 rings (SSSR count). The first-order chi connectivity index (χ1) is 7.72. The van der Waals surface area contributed by atoms with Crippen molar-refractivity contribution in [1.29, 1.82) is 0 Å². The van der Waals surface area contributed by atoms with Crippen LogP contribution in [0.4, 0.5) is 13.2 Å². The first kappa shape index (κ1) is 14.2. The van der Waals surface area contributed by atoms with Crippen LogP contribution in [0, 0.1) is 0 Å². The Hall–Kier alpha value is -0.820. The molecule has 1 heterocycles. The molecule has 1 aliphatic rings. The van der Waals surface area contributed by atoms with Gasteiger partial charge in [-0.25, -0.2) is 0 Å². The fourth-order valence-corrected chi connectivity index (χ4v) is 1.70. The van der Waals surface area contributed by atoms with Crippen molar-refractivity contribution in [1.82, 2.24) is 4.90 Å². The molecule has 0 saturated carbocycles. The Morgan fingerprint density at radius 3 is 2.41 bits per heavy atom. The molecule has 7 heteroatoms. The van der Waals surface area contributed by atoms with Crippen molar-refractivity contribution in [2.24, 2.45) is 0 Å². The average Bonchev–Trinajstić information content (AvgIpc) is 2.15. The molecule has 0 aliphatic carbocycles. The van der Waals surface area contributed by atoms with Crippen LogP contribution in [0.3, 0.4) is 0 Å². The Balaban J connectivity index is 2.47. The number of halogens is 3. The molecule has 4 nitrogen and oxygen atoms in total. The third kappa shape index (κ3) is 4.91. The third-order valence-corrected chi connectivity index (χ3v) is 2.75. The summed E-state index contributed by atoms with van der Waals surface area (Å²) in [5, 5.41) is 9.98. The van der Waals surface area contributed by atoms with E-state index in [1.54, 1.807) is 0 Å². The SMILES string of the molecule is CN(CC(F)(F)F)C(=O)CC1(O)CCOCC1. The fourth-order valence-electron chi connectivity index (χ4n) is 1.70. The lowest BCUT2D eigenvalue weighted by molar-refractivity contribution is -0.163. The van der Waals surface area contributed by atoms with E-state index in [4.69, 9.17) is 4.74 Å². The minimum Gasteiger partial charge on any atom is -0.389 e. The van der Waals surface area contributed by atoms with Gasteiger partial charge in [0.2, 0.25) is 5.91 Å². The number of amides is 1. The number of alkyl halides is 3. The normalized spacial score (nSPS) is 20.1. The molecule has 0 aromatic carbocycles. The van der Waals surface area contributed by atoms with Crippen LogP contribution in [0.5, 0.6) is 0 Å². The maximum Gasteiger partial charge on any atom is 0.406 e. The van der Waals surface area contributed by atoms with Gasteiger partial charge < -0.3 is 14.7 Å². The Kier molecular flexibility index (Phi) is 4.37. The van der Waals surface area contributed by atoms with Crippen molar-refractivity contribution in [3.05, 3.63) is 0 Å². The van der Waals surface area contributed by atoms with Crippen LogP contribution >= 0.6 is 0 Å². The smallest absolute Gasteiger partial charge is 0.389 e. The minimum atomic E-state index is -4.41. The van der Waals surface area contributed by atoms with Gasteiger partial charge in [0.15, 0.2) is 0 Å². The molecular formula is C10H16F3NO3. The predicted molar refractivity (Wildman–Crippen MR) is 53.3 cm³/mol. The van der Waals surface area contributed by atoms with Gasteiger partial charge in [-0.05, 0) is 0 Å². The van der Waals surface area contributed by atoms with Crippen LogP contribution in [-0.2, 0) is 9.53 Å².